The highest BCUT2D eigenvalue weighted by molar-refractivity contribution is 5.85. The Kier molecular flexibility index (Phi) is 3.77. The van der Waals surface area contributed by atoms with E-state index < -0.39 is 0 Å². The summed E-state index contributed by atoms with van der Waals surface area (Å²) in [5, 5.41) is 3.21. The molecule has 0 aromatic heterocycles. The van der Waals surface area contributed by atoms with Crippen molar-refractivity contribution in [2.45, 2.75) is 19.3 Å². The van der Waals surface area contributed by atoms with Crippen molar-refractivity contribution in [3.8, 4) is 0 Å². The van der Waals surface area contributed by atoms with Crippen molar-refractivity contribution >= 4 is 11.8 Å². The number of hydrogen-bond acceptors (Lipinski definition) is 3. The predicted molar refractivity (Wildman–Crippen MR) is 59.9 cm³/mol. The summed E-state index contributed by atoms with van der Waals surface area (Å²) in [6.07, 6.45) is 2.60. The lowest BCUT2D eigenvalue weighted by atomic mass is 10.1. The normalized spacial score (nSPS) is 22.4. The Bertz CT molecular complexity index is 274. The van der Waals surface area contributed by atoms with E-state index in [1.807, 2.05) is 4.90 Å². The number of rotatable bonds is 2. The SMILES string of the molecule is O=C(CN1CCCCC1=O)N1CCNCC1. The van der Waals surface area contributed by atoms with Gasteiger partial charge in [-0.05, 0) is 12.8 Å². The number of piperazine rings is 1. The van der Waals surface area contributed by atoms with Crippen molar-refractivity contribution in [1.82, 2.24) is 15.1 Å². The number of likely N-dealkylation sites (tertiary alicyclic amines) is 1. The summed E-state index contributed by atoms with van der Waals surface area (Å²) < 4.78 is 0. The van der Waals surface area contributed by atoms with Crippen LogP contribution in [0.15, 0.2) is 0 Å². The molecule has 5 heteroatoms. The molecule has 0 aromatic rings. The van der Waals surface area contributed by atoms with E-state index in [-0.39, 0.29) is 18.4 Å². The van der Waals surface area contributed by atoms with E-state index >= 15 is 0 Å². The van der Waals surface area contributed by atoms with Crippen molar-refractivity contribution in [1.29, 1.82) is 0 Å². The van der Waals surface area contributed by atoms with Gasteiger partial charge < -0.3 is 15.1 Å². The molecule has 0 aromatic carbocycles. The van der Waals surface area contributed by atoms with Crippen LogP contribution in [0.3, 0.4) is 0 Å². The number of amides is 2. The first-order chi connectivity index (χ1) is 7.77. The van der Waals surface area contributed by atoms with Gasteiger partial charge in [-0.3, -0.25) is 9.59 Å². The molecule has 5 nitrogen and oxygen atoms in total. The van der Waals surface area contributed by atoms with Gasteiger partial charge in [-0.25, -0.2) is 0 Å². The van der Waals surface area contributed by atoms with E-state index in [0.29, 0.717) is 6.42 Å². The lowest BCUT2D eigenvalue weighted by molar-refractivity contribution is -0.142. The highest BCUT2D eigenvalue weighted by atomic mass is 16.2. The molecule has 16 heavy (non-hydrogen) atoms. The van der Waals surface area contributed by atoms with Crippen molar-refractivity contribution in [2.75, 3.05) is 39.3 Å². The standard InChI is InChI=1S/C11H19N3O2/c15-10-3-1-2-6-14(10)9-11(16)13-7-4-12-5-8-13/h12H,1-9H2. The van der Waals surface area contributed by atoms with Crippen molar-refractivity contribution in [2.24, 2.45) is 0 Å². The molecular formula is C11H19N3O2. The molecule has 2 heterocycles. The molecule has 2 fully saturated rings. The fourth-order valence-corrected chi connectivity index (χ4v) is 2.21. The number of piperidine rings is 1. The summed E-state index contributed by atoms with van der Waals surface area (Å²) in [6, 6.07) is 0. The van der Waals surface area contributed by atoms with E-state index in [9.17, 15) is 9.59 Å². The molecule has 2 rings (SSSR count). The summed E-state index contributed by atoms with van der Waals surface area (Å²) in [6.45, 7) is 4.27. The fraction of sp³-hybridized carbons (Fsp3) is 0.818. The Morgan fingerprint density at radius 3 is 2.62 bits per heavy atom. The average molecular weight is 225 g/mol. The summed E-state index contributed by atoms with van der Waals surface area (Å²) in [7, 11) is 0. The van der Waals surface area contributed by atoms with Gasteiger partial charge in [0.05, 0.1) is 6.54 Å². The number of hydrogen-bond donors (Lipinski definition) is 1. The van der Waals surface area contributed by atoms with Gasteiger partial charge in [0.2, 0.25) is 11.8 Å². The maximum atomic E-state index is 11.9. The van der Waals surface area contributed by atoms with Crippen LogP contribution in [-0.2, 0) is 9.59 Å². The summed E-state index contributed by atoms with van der Waals surface area (Å²) in [5.41, 5.74) is 0. The molecule has 0 unspecified atom stereocenters. The second-order valence-corrected chi connectivity index (χ2v) is 4.40. The first kappa shape index (κ1) is 11.4. The topological polar surface area (TPSA) is 52.7 Å². The predicted octanol–water partition coefficient (Wildman–Crippen LogP) is -0.569. The minimum Gasteiger partial charge on any atom is -0.339 e. The molecule has 2 aliphatic rings. The molecule has 1 N–H and O–H groups in total. The maximum Gasteiger partial charge on any atom is 0.242 e. The molecule has 0 saturated carbocycles. The van der Waals surface area contributed by atoms with Crippen LogP contribution in [0.4, 0.5) is 0 Å². The van der Waals surface area contributed by atoms with E-state index in [4.69, 9.17) is 0 Å². The molecular weight excluding hydrogens is 206 g/mol. The Hall–Kier alpha value is -1.10. The van der Waals surface area contributed by atoms with E-state index in [0.717, 1.165) is 45.6 Å². The van der Waals surface area contributed by atoms with Crippen molar-refractivity contribution in [3.05, 3.63) is 0 Å². The van der Waals surface area contributed by atoms with E-state index in [1.54, 1.807) is 4.90 Å². The molecule has 0 bridgehead atoms. The molecule has 0 atom stereocenters. The van der Waals surface area contributed by atoms with E-state index in [1.165, 1.54) is 0 Å². The third-order valence-corrected chi connectivity index (χ3v) is 3.22. The minimum atomic E-state index is 0.0942. The van der Waals surface area contributed by atoms with Gasteiger partial charge in [-0.2, -0.15) is 0 Å². The monoisotopic (exact) mass is 225 g/mol. The maximum absolute atomic E-state index is 11.9. The van der Waals surface area contributed by atoms with Crippen LogP contribution >= 0.6 is 0 Å². The number of nitrogens with one attached hydrogen (secondary N) is 1. The van der Waals surface area contributed by atoms with Gasteiger partial charge in [-0.15, -0.1) is 0 Å². The zero-order valence-corrected chi connectivity index (χ0v) is 9.57. The van der Waals surface area contributed by atoms with Crippen LogP contribution in [0, 0.1) is 0 Å². The van der Waals surface area contributed by atoms with Crippen LogP contribution in [-0.4, -0.2) is 60.9 Å². The van der Waals surface area contributed by atoms with Crippen LogP contribution in [0.2, 0.25) is 0 Å². The lowest BCUT2D eigenvalue weighted by Gasteiger charge is -2.31. The third-order valence-electron chi connectivity index (χ3n) is 3.22. The van der Waals surface area contributed by atoms with Gasteiger partial charge in [0.15, 0.2) is 0 Å². The van der Waals surface area contributed by atoms with Crippen LogP contribution in [0.5, 0.6) is 0 Å². The van der Waals surface area contributed by atoms with Gasteiger partial charge in [0.25, 0.3) is 0 Å². The number of nitrogens with zero attached hydrogens (tertiary/aromatic N) is 2. The van der Waals surface area contributed by atoms with Gasteiger partial charge >= 0.3 is 0 Å². The minimum absolute atomic E-state index is 0.0942. The van der Waals surface area contributed by atoms with Crippen LogP contribution in [0.25, 0.3) is 0 Å². The Labute approximate surface area is 95.8 Å². The zero-order chi connectivity index (χ0) is 11.4. The highest BCUT2D eigenvalue weighted by Crippen LogP contribution is 2.10. The quantitative estimate of drug-likeness (QED) is 0.685. The molecule has 2 amide bonds. The van der Waals surface area contributed by atoms with Gasteiger partial charge in [0.1, 0.15) is 0 Å². The summed E-state index contributed by atoms with van der Waals surface area (Å²) in [4.78, 5) is 27.0. The Balaban J connectivity index is 1.83. The van der Waals surface area contributed by atoms with E-state index in [2.05, 4.69) is 5.32 Å². The van der Waals surface area contributed by atoms with Crippen LogP contribution in [0.1, 0.15) is 19.3 Å². The molecule has 0 aliphatic carbocycles. The Morgan fingerprint density at radius 1 is 1.19 bits per heavy atom. The first-order valence-corrected chi connectivity index (χ1v) is 6.03. The average Bonchev–Trinajstić information content (AvgIpc) is 2.33. The smallest absolute Gasteiger partial charge is 0.242 e. The van der Waals surface area contributed by atoms with Crippen LogP contribution < -0.4 is 5.32 Å². The highest BCUT2D eigenvalue weighted by Gasteiger charge is 2.23. The molecule has 2 aliphatic heterocycles. The molecule has 90 valence electrons. The third kappa shape index (κ3) is 2.72. The second kappa shape index (κ2) is 5.30. The molecule has 2 saturated heterocycles. The van der Waals surface area contributed by atoms with Gasteiger partial charge in [-0.1, -0.05) is 0 Å². The lowest BCUT2D eigenvalue weighted by Crippen LogP contribution is -2.51. The second-order valence-electron chi connectivity index (χ2n) is 4.40. The number of carbonyl (C=O) groups excluding carboxylic acids is 2. The summed E-state index contributed by atoms with van der Waals surface area (Å²) >= 11 is 0. The molecule has 0 spiro atoms. The summed E-state index contributed by atoms with van der Waals surface area (Å²) in [5.74, 6) is 0.228. The van der Waals surface area contributed by atoms with Crippen molar-refractivity contribution < 1.29 is 9.59 Å². The first-order valence-electron chi connectivity index (χ1n) is 6.03. The largest absolute Gasteiger partial charge is 0.339 e. The van der Waals surface area contributed by atoms with Gasteiger partial charge in [0, 0.05) is 39.1 Å². The van der Waals surface area contributed by atoms with Crippen molar-refractivity contribution in [3.63, 3.8) is 0 Å². The Morgan fingerprint density at radius 2 is 1.94 bits per heavy atom. The number of carbonyl (C=O) groups is 2. The zero-order valence-electron chi connectivity index (χ0n) is 9.57. The fourth-order valence-electron chi connectivity index (χ4n) is 2.21. The molecule has 0 radical (unpaired) electrons.